The van der Waals surface area contributed by atoms with Crippen LogP contribution in [0.4, 0.5) is 0 Å². The van der Waals surface area contributed by atoms with Gasteiger partial charge in [-0.3, -0.25) is 9.25 Å². The monoisotopic (exact) mass is 399 g/mol. The van der Waals surface area contributed by atoms with E-state index in [1.54, 1.807) is 17.2 Å². The van der Waals surface area contributed by atoms with Crippen LogP contribution in [0.1, 0.15) is 12.8 Å². The van der Waals surface area contributed by atoms with E-state index in [9.17, 15) is 0 Å². The number of piperidine rings is 1. The molecule has 1 atom stereocenters. The van der Waals surface area contributed by atoms with Crippen LogP contribution in [0.25, 0.3) is 28.2 Å². The summed E-state index contributed by atoms with van der Waals surface area (Å²) >= 11 is 0. The SMILES string of the molecule is CN1CCCC(Cn2ccc(-c3cccc(-c4ccc(-n5cnnc5)nc4)c3)n2)C1. The molecule has 0 aliphatic carbocycles. The van der Waals surface area contributed by atoms with Crippen molar-refractivity contribution >= 4 is 0 Å². The van der Waals surface area contributed by atoms with Crippen LogP contribution in [0.2, 0.25) is 0 Å². The molecular weight excluding hydrogens is 374 g/mol. The Morgan fingerprint density at radius 3 is 2.67 bits per heavy atom. The van der Waals surface area contributed by atoms with Gasteiger partial charge in [0.15, 0.2) is 0 Å². The molecule has 1 saturated heterocycles. The van der Waals surface area contributed by atoms with Crippen molar-refractivity contribution in [2.45, 2.75) is 19.4 Å². The van der Waals surface area contributed by atoms with E-state index < -0.39 is 0 Å². The lowest BCUT2D eigenvalue weighted by Gasteiger charge is -2.29. The van der Waals surface area contributed by atoms with Gasteiger partial charge in [-0.25, -0.2) is 4.98 Å². The number of nitrogens with zero attached hydrogens (tertiary/aromatic N) is 7. The molecule has 0 bridgehead atoms. The molecule has 3 aromatic heterocycles. The minimum atomic E-state index is 0.679. The summed E-state index contributed by atoms with van der Waals surface area (Å²) in [7, 11) is 2.21. The predicted octanol–water partition coefficient (Wildman–Crippen LogP) is 3.53. The van der Waals surface area contributed by atoms with Crippen LogP contribution in [0.15, 0.2) is 67.5 Å². The predicted molar refractivity (Wildman–Crippen MR) is 116 cm³/mol. The second-order valence-electron chi connectivity index (χ2n) is 8.05. The average Bonchev–Trinajstić information content (AvgIpc) is 3.47. The van der Waals surface area contributed by atoms with Gasteiger partial charge >= 0.3 is 0 Å². The molecule has 1 aliphatic rings. The Kier molecular flexibility index (Phi) is 5.11. The number of pyridine rings is 1. The summed E-state index contributed by atoms with van der Waals surface area (Å²) in [5, 5.41) is 12.5. The molecule has 0 radical (unpaired) electrons. The van der Waals surface area contributed by atoms with Crippen molar-refractivity contribution in [3.05, 3.63) is 67.5 Å². The second kappa shape index (κ2) is 8.20. The third-order valence-electron chi connectivity index (χ3n) is 5.73. The molecule has 0 saturated carbocycles. The maximum Gasteiger partial charge on any atom is 0.139 e. The van der Waals surface area contributed by atoms with Crippen molar-refractivity contribution in [3.8, 4) is 28.2 Å². The molecule has 4 heterocycles. The Labute approximate surface area is 176 Å². The van der Waals surface area contributed by atoms with Crippen molar-refractivity contribution in [2.75, 3.05) is 20.1 Å². The van der Waals surface area contributed by atoms with Crippen molar-refractivity contribution < 1.29 is 0 Å². The first-order chi connectivity index (χ1) is 14.7. The van der Waals surface area contributed by atoms with E-state index in [1.165, 1.54) is 19.4 Å². The molecule has 0 amide bonds. The van der Waals surface area contributed by atoms with E-state index in [1.807, 2.05) is 12.3 Å². The molecule has 5 rings (SSSR count). The lowest BCUT2D eigenvalue weighted by molar-refractivity contribution is 0.191. The normalized spacial score (nSPS) is 17.3. The van der Waals surface area contributed by atoms with E-state index in [0.717, 1.165) is 41.3 Å². The zero-order chi connectivity index (χ0) is 20.3. The third-order valence-corrected chi connectivity index (χ3v) is 5.73. The molecule has 4 aromatic rings. The lowest BCUT2D eigenvalue weighted by Crippen LogP contribution is -2.34. The third kappa shape index (κ3) is 4.02. The number of aromatic nitrogens is 6. The summed E-state index contributed by atoms with van der Waals surface area (Å²) in [6.45, 7) is 3.35. The Morgan fingerprint density at radius 2 is 1.87 bits per heavy atom. The molecule has 1 fully saturated rings. The lowest BCUT2D eigenvalue weighted by atomic mass is 9.99. The Morgan fingerprint density at radius 1 is 1.00 bits per heavy atom. The van der Waals surface area contributed by atoms with Crippen LogP contribution in [0, 0.1) is 5.92 Å². The van der Waals surface area contributed by atoms with E-state index in [4.69, 9.17) is 5.10 Å². The highest BCUT2D eigenvalue weighted by Crippen LogP contribution is 2.26. The van der Waals surface area contributed by atoms with Gasteiger partial charge in [0, 0.05) is 36.6 Å². The first-order valence-electron chi connectivity index (χ1n) is 10.4. The Hall–Kier alpha value is -3.32. The van der Waals surface area contributed by atoms with Crippen LogP contribution in [-0.4, -0.2) is 54.6 Å². The van der Waals surface area contributed by atoms with E-state index >= 15 is 0 Å². The fraction of sp³-hybridized carbons (Fsp3) is 0.304. The Bertz CT molecular complexity index is 1100. The minimum absolute atomic E-state index is 0.679. The number of likely N-dealkylation sites (tertiary alicyclic amines) is 1. The zero-order valence-electron chi connectivity index (χ0n) is 17.1. The molecule has 7 nitrogen and oxygen atoms in total. The zero-order valence-corrected chi connectivity index (χ0v) is 17.1. The van der Waals surface area contributed by atoms with Crippen LogP contribution < -0.4 is 0 Å². The van der Waals surface area contributed by atoms with Gasteiger partial charge in [0.2, 0.25) is 0 Å². The van der Waals surface area contributed by atoms with Gasteiger partial charge in [-0.1, -0.05) is 18.2 Å². The number of hydrogen-bond acceptors (Lipinski definition) is 5. The van der Waals surface area contributed by atoms with Crippen LogP contribution in [-0.2, 0) is 6.54 Å². The van der Waals surface area contributed by atoms with Crippen LogP contribution in [0.3, 0.4) is 0 Å². The molecular formula is C23H25N7. The smallest absolute Gasteiger partial charge is 0.139 e. The highest BCUT2D eigenvalue weighted by atomic mass is 15.3. The molecule has 1 aliphatic heterocycles. The fourth-order valence-corrected chi connectivity index (χ4v) is 4.19. The van der Waals surface area contributed by atoms with Crippen LogP contribution >= 0.6 is 0 Å². The second-order valence-corrected chi connectivity index (χ2v) is 8.05. The standard InChI is InChI=1S/C23H25N7/c1-28-10-3-4-18(14-28)15-30-11-9-22(27-30)20-6-2-5-19(12-20)21-7-8-23(24-13-21)29-16-25-26-17-29/h2,5-9,11-13,16-18H,3-4,10,14-15H2,1H3. The Balaban J connectivity index is 1.33. The van der Waals surface area contributed by atoms with Gasteiger partial charge in [-0.2, -0.15) is 5.10 Å². The summed E-state index contributed by atoms with van der Waals surface area (Å²) in [5.74, 6) is 1.48. The number of rotatable bonds is 5. The molecule has 7 heteroatoms. The van der Waals surface area contributed by atoms with Gasteiger partial charge in [0.1, 0.15) is 18.5 Å². The maximum atomic E-state index is 4.85. The van der Waals surface area contributed by atoms with Gasteiger partial charge in [-0.15, -0.1) is 10.2 Å². The van der Waals surface area contributed by atoms with Gasteiger partial charge in [-0.05, 0) is 62.2 Å². The fourth-order valence-electron chi connectivity index (χ4n) is 4.19. The molecule has 1 aromatic carbocycles. The largest absolute Gasteiger partial charge is 0.306 e. The molecule has 30 heavy (non-hydrogen) atoms. The van der Waals surface area contributed by atoms with Gasteiger partial charge in [0.05, 0.1) is 5.69 Å². The summed E-state index contributed by atoms with van der Waals surface area (Å²) < 4.78 is 3.89. The summed E-state index contributed by atoms with van der Waals surface area (Å²) in [5.41, 5.74) is 4.32. The first kappa shape index (κ1) is 18.7. The highest BCUT2D eigenvalue weighted by Gasteiger charge is 2.18. The number of benzene rings is 1. The summed E-state index contributed by atoms with van der Waals surface area (Å²) in [4.78, 5) is 6.96. The van der Waals surface area contributed by atoms with Gasteiger partial charge < -0.3 is 4.90 Å². The van der Waals surface area contributed by atoms with Gasteiger partial charge in [0.25, 0.3) is 0 Å². The van der Waals surface area contributed by atoms with E-state index in [-0.39, 0.29) is 0 Å². The van der Waals surface area contributed by atoms with Crippen LogP contribution in [0.5, 0.6) is 0 Å². The molecule has 152 valence electrons. The molecule has 0 spiro atoms. The average molecular weight is 400 g/mol. The van der Waals surface area contributed by atoms with E-state index in [0.29, 0.717) is 5.92 Å². The van der Waals surface area contributed by atoms with E-state index in [2.05, 4.69) is 74.4 Å². The topological polar surface area (TPSA) is 64.7 Å². The molecule has 0 N–H and O–H groups in total. The van der Waals surface area contributed by atoms with Crippen molar-refractivity contribution in [2.24, 2.45) is 5.92 Å². The summed E-state index contributed by atoms with van der Waals surface area (Å²) in [6.07, 6.45) is 9.84. The van der Waals surface area contributed by atoms with Crippen molar-refractivity contribution in [1.82, 2.24) is 34.4 Å². The molecule has 1 unspecified atom stereocenters. The minimum Gasteiger partial charge on any atom is -0.306 e. The first-order valence-corrected chi connectivity index (χ1v) is 10.4. The van der Waals surface area contributed by atoms with Crippen molar-refractivity contribution in [1.29, 1.82) is 0 Å². The van der Waals surface area contributed by atoms with Crippen molar-refractivity contribution in [3.63, 3.8) is 0 Å². The highest BCUT2D eigenvalue weighted by molar-refractivity contribution is 5.71. The number of hydrogen-bond donors (Lipinski definition) is 0. The maximum absolute atomic E-state index is 4.85. The summed E-state index contributed by atoms with van der Waals surface area (Å²) in [6, 6.07) is 14.6. The quantitative estimate of drug-likeness (QED) is 0.514.